The summed E-state index contributed by atoms with van der Waals surface area (Å²) in [4.78, 5) is 13.5. The smallest absolute Gasteiger partial charge is 0.260 e. The number of aryl methyl sites for hydroxylation is 2. The number of hydrogen-bond acceptors (Lipinski definition) is 3. The second kappa shape index (κ2) is 5.40. The Labute approximate surface area is 107 Å². The molecule has 18 heavy (non-hydrogen) atoms. The molecule has 1 aliphatic heterocycles. The van der Waals surface area contributed by atoms with Crippen LogP contribution >= 0.6 is 0 Å². The maximum absolute atomic E-state index is 11.8. The van der Waals surface area contributed by atoms with Crippen LogP contribution in [-0.4, -0.2) is 41.7 Å². The minimum Gasteiger partial charge on any atom is -0.484 e. The number of carbonyl (C=O) groups is 1. The highest BCUT2D eigenvalue weighted by Crippen LogP contribution is 2.19. The minimum absolute atomic E-state index is 0.0383. The fourth-order valence-electron chi connectivity index (χ4n) is 2.16. The van der Waals surface area contributed by atoms with Crippen molar-refractivity contribution in [1.82, 2.24) is 4.90 Å². The standard InChI is InChI=1S/C14H19NO3/c1-10-3-4-13(11(2)7-10)18-9-14(17)15-6-5-12(16)8-15/h3-4,7,12,16H,5-6,8-9H2,1-2H3. The molecule has 1 aromatic rings. The zero-order valence-electron chi connectivity index (χ0n) is 10.8. The average molecular weight is 249 g/mol. The van der Waals surface area contributed by atoms with Crippen molar-refractivity contribution in [3.8, 4) is 5.75 Å². The van der Waals surface area contributed by atoms with Crippen molar-refractivity contribution in [2.75, 3.05) is 19.7 Å². The van der Waals surface area contributed by atoms with Crippen molar-refractivity contribution in [2.24, 2.45) is 0 Å². The molecule has 4 nitrogen and oxygen atoms in total. The quantitative estimate of drug-likeness (QED) is 0.877. The topological polar surface area (TPSA) is 49.8 Å². The molecule has 1 N–H and O–H groups in total. The molecule has 0 radical (unpaired) electrons. The van der Waals surface area contributed by atoms with Gasteiger partial charge in [-0.25, -0.2) is 0 Å². The van der Waals surface area contributed by atoms with E-state index in [1.54, 1.807) is 4.90 Å². The van der Waals surface area contributed by atoms with Crippen LogP contribution in [0.3, 0.4) is 0 Å². The summed E-state index contributed by atoms with van der Waals surface area (Å²) in [5.41, 5.74) is 2.21. The van der Waals surface area contributed by atoms with E-state index in [0.717, 1.165) is 11.3 Å². The van der Waals surface area contributed by atoms with E-state index in [9.17, 15) is 9.90 Å². The zero-order chi connectivity index (χ0) is 13.1. The highest BCUT2D eigenvalue weighted by Gasteiger charge is 2.24. The first-order valence-electron chi connectivity index (χ1n) is 6.22. The summed E-state index contributed by atoms with van der Waals surface area (Å²) in [5.74, 6) is 0.681. The van der Waals surface area contributed by atoms with Gasteiger partial charge in [0.25, 0.3) is 5.91 Å². The third-order valence-electron chi connectivity index (χ3n) is 3.20. The highest BCUT2D eigenvalue weighted by molar-refractivity contribution is 5.78. The number of aliphatic hydroxyl groups excluding tert-OH is 1. The Bertz CT molecular complexity index is 445. The number of hydrogen-bond donors (Lipinski definition) is 1. The Morgan fingerprint density at radius 3 is 2.89 bits per heavy atom. The number of nitrogens with zero attached hydrogens (tertiary/aromatic N) is 1. The Morgan fingerprint density at radius 2 is 2.28 bits per heavy atom. The lowest BCUT2D eigenvalue weighted by Crippen LogP contribution is -2.33. The molecular formula is C14H19NO3. The van der Waals surface area contributed by atoms with Crippen molar-refractivity contribution < 1.29 is 14.6 Å². The van der Waals surface area contributed by atoms with Crippen molar-refractivity contribution >= 4 is 5.91 Å². The van der Waals surface area contributed by atoms with Gasteiger partial charge in [-0.1, -0.05) is 17.7 Å². The van der Waals surface area contributed by atoms with E-state index in [0.29, 0.717) is 19.5 Å². The molecule has 1 fully saturated rings. The molecule has 0 spiro atoms. The van der Waals surface area contributed by atoms with Crippen LogP contribution in [0.25, 0.3) is 0 Å². The van der Waals surface area contributed by atoms with Crippen LogP contribution in [0.5, 0.6) is 5.75 Å². The van der Waals surface area contributed by atoms with E-state index >= 15 is 0 Å². The van der Waals surface area contributed by atoms with Crippen LogP contribution in [0.4, 0.5) is 0 Å². The minimum atomic E-state index is -0.380. The molecule has 1 atom stereocenters. The van der Waals surface area contributed by atoms with Crippen LogP contribution in [0.15, 0.2) is 18.2 Å². The van der Waals surface area contributed by atoms with Crippen molar-refractivity contribution in [3.05, 3.63) is 29.3 Å². The first kappa shape index (κ1) is 12.9. The van der Waals surface area contributed by atoms with E-state index < -0.39 is 0 Å². The largest absolute Gasteiger partial charge is 0.484 e. The second-order valence-electron chi connectivity index (χ2n) is 4.84. The number of benzene rings is 1. The molecule has 1 heterocycles. The van der Waals surface area contributed by atoms with Crippen molar-refractivity contribution in [3.63, 3.8) is 0 Å². The number of carbonyl (C=O) groups excluding carboxylic acids is 1. The van der Waals surface area contributed by atoms with Gasteiger partial charge in [-0.15, -0.1) is 0 Å². The van der Waals surface area contributed by atoms with Crippen LogP contribution < -0.4 is 4.74 Å². The molecule has 1 aromatic carbocycles. The first-order chi connectivity index (χ1) is 8.56. The van der Waals surface area contributed by atoms with E-state index in [2.05, 4.69) is 0 Å². The Morgan fingerprint density at radius 1 is 1.50 bits per heavy atom. The van der Waals surface area contributed by atoms with E-state index in [-0.39, 0.29) is 18.6 Å². The Balaban J connectivity index is 1.89. The van der Waals surface area contributed by atoms with Gasteiger partial charge in [0.15, 0.2) is 6.61 Å². The second-order valence-corrected chi connectivity index (χ2v) is 4.84. The summed E-state index contributed by atoms with van der Waals surface area (Å²) in [7, 11) is 0. The number of likely N-dealkylation sites (tertiary alicyclic amines) is 1. The third kappa shape index (κ3) is 3.01. The fourth-order valence-corrected chi connectivity index (χ4v) is 2.16. The SMILES string of the molecule is Cc1ccc(OCC(=O)N2CCC(O)C2)c(C)c1. The number of β-amino-alcohol motifs (C(OH)–C–C–N with tert-alkyl or cyclic N) is 1. The predicted molar refractivity (Wildman–Crippen MR) is 68.6 cm³/mol. The van der Waals surface area contributed by atoms with Gasteiger partial charge >= 0.3 is 0 Å². The maximum Gasteiger partial charge on any atom is 0.260 e. The number of rotatable bonds is 3. The average Bonchev–Trinajstić information content (AvgIpc) is 2.74. The summed E-state index contributed by atoms with van der Waals surface area (Å²) in [6, 6.07) is 5.88. The van der Waals surface area contributed by atoms with Crippen LogP contribution in [-0.2, 0) is 4.79 Å². The lowest BCUT2D eigenvalue weighted by Gasteiger charge is -2.16. The van der Waals surface area contributed by atoms with Gasteiger partial charge in [-0.05, 0) is 31.9 Å². The van der Waals surface area contributed by atoms with Crippen LogP contribution in [0.1, 0.15) is 17.5 Å². The van der Waals surface area contributed by atoms with Gasteiger partial charge in [-0.2, -0.15) is 0 Å². The molecule has 0 aliphatic carbocycles. The molecule has 98 valence electrons. The highest BCUT2D eigenvalue weighted by atomic mass is 16.5. The lowest BCUT2D eigenvalue weighted by molar-refractivity contribution is -0.132. The fraction of sp³-hybridized carbons (Fsp3) is 0.500. The monoisotopic (exact) mass is 249 g/mol. The zero-order valence-corrected chi connectivity index (χ0v) is 10.8. The van der Waals surface area contributed by atoms with Gasteiger partial charge in [0.1, 0.15) is 5.75 Å². The molecule has 1 saturated heterocycles. The van der Waals surface area contributed by atoms with E-state index in [1.807, 2.05) is 32.0 Å². The molecule has 1 amide bonds. The van der Waals surface area contributed by atoms with E-state index in [1.165, 1.54) is 5.56 Å². The summed E-state index contributed by atoms with van der Waals surface area (Å²) < 4.78 is 5.53. The maximum atomic E-state index is 11.8. The van der Waals surface area contributed by atoms with Gasteiger partial charge < -0.3 is 14.7 Å². The van der Waals surface area contributed by atoms with Gasteiger partial charge in [0, 0.05) is 13.1 Å². The summed E-state index contributed by atoms with van der Waals surface area (Å²) in [6.07, 6.45) is 0.282. The first-order valence-corrected chi connectivity index (χ1v) is 6.22. The van der Waals surface area contributed by atoms with Gasteiger partial charge in [-0.3, -0.25) is 4.79 Å². The summed E-state index contributed by atoms with van der Waals surface area (Å²) in [6.45, 7) is 5.07. The number of ether oxygens (including phenoxy) is 1. The van der Waals surface area contributed by atoms with Crippen molar-refractivity contribution in [1.29, 1.82) is 0 Å². The number of amides is 1. The molecule has 2 rings (SSSR count). The molecule has 4 heteroatoms. The van der Waals surface area contributed by atoms with Gasteiger partial charge in [0.2, 0.25) is 0 Å². The lowest BCUT2D eigenvalue weighted by atomic mass is 10.1. The van der Waals surface area contributed by atoms with Crippen LogP contribution in [0, 0.1) is 13.8 Å². The predicted octanol–water partition coefficient (Wildman–Crippen LogP) is 1.28. The molecule has 0 saturated carbocycles. The van der Waals surface area contributed by atoms with E-state index in [4.69, 9.17) is 4.74 Å². The normalized spacial score (nSPS) is 19.1. The van der Waals surface area contributed by atoms with Crippen LogP contribution in [0.2, 0.25) is 0 Å². The Hall–Kier alpha value is -1.55. The molecule has 0 bridgehead atoms. The summed E-state index contributed by atoms with van der Waals surface area (Å²) in [5, 5.41) is 9.37. The third-order valence-corrected chi connectivity index (χ3v) is 3.20. The molecule has 0 aromatic heterocycles. The number of aliphatic hydroxyl groups is 1. The van der Waals surface area contributed by atoms with Crippen molar-refractivity contribution in [2.45, 2.75) is 26.4 Å². The van der Waals surface area contributed by atoms with Gasteiger partial charge in [0.05, 0.1) is 6.10 Å². The molecular weight excluding hydrogens is 230 g/mol. The summed E-state index contributed by atoms with van der Waals surface area (Å²) >= 11 is 0. The molecule has 1 aliphatic rings. The Kier molecular flexibility index (Phi) is 3.87. The molecule has 1 unspecified atom stereocenters.